The minimum absolute atomic E-state index is 0.00932. The van der Waals surface area contributed by atoms with E-state index in [-0.39, 0.29) is 11.1 Å². The second-order valence-electron chi connectivity index (χ2n) is 4.68. The van der Waals surface area contributed by atoms with Crippen molar-refractivity contribution in [2.24, 2.45) is 0 Å². The maximum Gasteiger partial charge on any atom is 0.164 e. The molecule has 2 aromatic carbocycles. The quantitative estimate of drug-likeness (QED) is 0.858. The van der Waals surface area contributed by atoms with Gasteiger partial charge in [0.2, 0.25) is 0 Å². The molecule has 2 nitrogen and oxygen atoms in total. The molecule has 1 atom stereocenters. The van der Waals surface area contributed by atoms with Crippen LogP contribution in [-0.2, 0) is 6.42 Å². The van der Waals surface area contributed by atoms with Crippen molar-refractivity contribution in [2.45, 2.75) is 18.9 Å². The molecule has 19 heavy (non-hydrogen) atoms. The Morgan fingerprint density at radius 2 is 2.00 bits per heavy atom. The number of benzene rings is 2. The summed E-state index contributed by atoms with van der Waals surface area (Å²) in [5.41, 5.74) is 2.37. The Labute approximate surface area is 115 Å². The summed E-state index contributed by atoms with van der Waals surface area (Å²) in [6, 6.07) is 10.4. The zero-order chi connectivity index (χ0) is 13.4. The van der Waals surface area contributed by atoms with Crippen LogP contribution in [-0.4, -0.2) is 5.11 Å². The van der Waals surface area contributed by atoms with Crippen LogP contribution in [0.25, 0.3) is 0 Å². The summed E-state index contributed by atoms with van der Waals surface area (Å²) in [6.07, 6.45) is 1.63. The van der Waals surface area contributed by atoms with Crippen LogP contribution in [0.3, 0.4) is 0 Å². The Morgan fingerprint density at radius 3 is 2.84 bits per heavy atom. The lowest BCUT2D eigenvalue weighted by molar-refractivity contribution is 0.469. The first kappa shape index (κ1) is 12.3. The van der Waals surface area contributed by atoms with Crippen molar-refractivity contribution in [3.63, 3.8) is 0 Å². The lowest BCUT2D eigenvalue weighted by Crippen LogP contribution is -2.08. The van der Waals surface area contributed by atoms with Crippen LogP contribution in [0.2, 0.25) is 5.02 Å². The molecular weight excluding hydrogens is 265 g/mol. The highest BCUT2D eigenvalue weighted by atomic mass is 35.5. The topological polar surface area (TPSA) is 32.3 Å². The van der Waals surface area contributed by atoms with Crippen molar-refractivity contribution in [2.75, 3.05) is 5.32 Å². The monoisotopic (exact) mass is 277 g/mol. The van der Waals surface area contributed by atoms with Gasteiger partial charge in [-0.05, 0) is 42.2 Å². The van der Waals surface area contributed by atoms with E-state index < -0.39 is 5.82 Å². The van der Waals surface area contributed by atoms with Crippen LogP contribution in [0.15, 0.2) is 36.4 Å². The molecule has 0 aromatic heterocycles. The first-order valence-electron chi connectivity index (χ1n) is 6.18. The highest BCUT2D eigenvalue weighted by Crippen LogP contribution is 2.38. The zero-order valence-corrected chi connectivity index (χ0v) is 10.9. The lowest BCUT2D eigenvalue weighted by atomic mass is 10.1. The zero-order valence-electron chi connectivity index (χ0n) is 10.2. The van der Waals surface area contributed by atoms with Gasteiger partial charge in [-0.3, -0.25) is 0 Å². The minimum atomic E-state index is -0.433. The van der Waals surface area contributed by atoms with Gasteiger partial charge in [0, 0.05) is 0 Å². The van der Waals surface area contributed by atoms with Gasteiger partial charge in [-0.15, -0.1) is 0 Å². The maximum atomic E-state index is 13.9. The number of hydrogen-bond acceptors (Lipinski definition) is 2. The van der Waals surface area contributed by atoms with Gasteiger partial charge in [0.1, 0.15) is 5.75 Å². The van der Waals surface area contributed by atoms with E-state index in [1.165, 1.54) is 6.07 Å². The Hall–Kier alpha value is -1.74. The van der Waals surface area contributed by atoms with E-state index >= 15 is 0 Å². The van der Waals surface area contributed by atoms with E-state index in [1.54, 1.807) is 18.2 Å². The first-order chi connectivity index (χ1) is 9.16. The van der Waals surface area contributed by atoms with Crippen molar-refractivity contribution in [3.8, 4) is 5.75 Å². The van der Waals surface area contributed by atoms with Gasteiger partial charge in [0.05, 0.1) is 16.8 Å². The summed E-state index contributed by atoms with van der Waals surface area (Å²) in [5, 5.41) is 13.1. The molecule has 0 amide bonds. The Balaban J connectivity index is 1.91. The molecule has 0 aliphatic heterocycles. The highest BCUT2D eigenvalue weighted by Gasteiger charge is 2.25. The fourth-order valence-corrected chi connectivity index (χ4v) is 2.76. The molecule has 0 bridgehead atoms. The molecule has 0 saturated carbocycles. The van der Waals surface area contributed by atoms with E-state index in [0.29, 0.717) is 11.4 Å². The number of fused-ring (bicyclic) bond motifs is 1. The summed E-state index contributed by atoms with van der Waals surface area (Å²) in [6.45, 7) is 0. The van der Waals surface area contributed by atoms with Crippen molar-refractivity contribution in [3.05, 3.63) is 58.4 Å². The fraction of sp³-hybridized carbons (Fsp3) is 0.200. The Bertz CT molecular complexity index is 630. The number of halogens is 2. The SMILES string of the molecule is Oc1cccc2c1CCC2Nc1cccc(Cl)c1F. The number of nitrogens with one attached hydrogen (secondary N) is 1. The highest BCUT2D eigenvalue weighted by molar-refractivity contribution is 6.31. The van der Waals surface area contributed by atoms with E-state index in [9.17, 15) is 9.50 Å². The third kappa shape index (κ3) is 2.15. The molecule has 1 aliphatic rings. The predicted molar refractivity (Wildman–Crippen MR) is 74.2 cm³/mol. The smallest absolute Gasteiger partial charge is 0.164 e. The van der Waals surface area contributed by atoms with Gasteiger partial charge in [-0.2, -0.15) is 0 Å². The van der Waals surface area contributed by atoms with Gasteiger partial charge in [0.15, 0.2) is 5.82 Å². The molecule has 0 fully saturated rings. The Morgan fingerprint density at radius 1 is 1.21 bits per heavy atom. The molecule has 1 aliphatic carbocycles. The van der Waals surface area contributed by atoms with Crippen molar-refractivity contribution >= 4 is 17.3 Å². The standard InChI is InChI=1S/C15H13ClFNO/c16-11-4-2-5-13(15(11)17)18-12-8-7-10-9(12)3-1-6-14(10)19/h1-6,12,18-19H,7-8H2. The van der Waals surface area contributed by atoms with Crippen LogP contribution in [0.1, 0.15) is 23.6 Å². The molecule has 0 saturated heterocycles. The average Bonchev–Trinajstić information content (AvgIpc) is 2.80. The molecule has 98 valence electrons. The third-order valence-electron chi connectivity index (χ3n) is 3.53. The number of phenolic OH excluding ortho intramolecular Hbond substituents is 1. The van der Waals surface area contributed by atoms with Crippen molar-refractivity contribution in [1.29, 1.82) is 0 Å². The summed E-state index contributed by atoms with van der Waals surface area (Å²) >= 11 is 5.77. The van der Waals surface area contributed by atoms with Crippen molar-refractivity contribution < 1.29 is 9.50 Å². The summed E-state index contributed by atoms with van der Waals surface area (Å²) in [4.78, 5) is 0. The summed E-state index contributed by atoms with van der Waals surface area (Å²) in [5.74, 6) is -0.119. The van der Waals surface area contributed by atoms with Crippen LogP contribution in [0, 0.1) is 5.82 Å². The molecular formula is C15H13ClFNO. The molecule has 4 heteroatoms. The lowest BCUT2D eigenvalue weighted by Gasteiger charge is -2.16. The van der Waals surface area contributed by atoms with E-state index in [0.717, 1.165) is 24.0 Å². The number of aromatic hydroxyl groups is 1. The molecule has 0 spiro atoms. The second kappa shape index (κ2) is 4.74. The van der Waals surface area contributed by atoms with Gasteiger partial charge >= 0.3 is 0 Å². The van der Waals surface area contributed by atoms with Gasteiger partial charge < -0.3 is 10.4 Å². The van der Waals surface area contributed by atoms with E-state index in [4.69, 9.17) is 11.6 Å². The van der Waals surface area contributed by atoms with Crippen molar-refractivity contribution in [1.82, 2.24) is 0 Å². The molecule has 2 N–H and O–H groups in total. The maximum absolute atomic E-state index is 13.9. The van der Waals surface area contributed by atoms with Gasteiger partial charge in [-0.25, -0.2) is 4.39 Å². The van der Waals surface area contributed by atoms with Crippen LogP contribution in [0.4, 0.5) is 10.1 Å². The van der Waals surface area contributed by atoms with Crippen LogP contribution < -0.4 is 5.32 Å². The molecule has 3 rings (SSSR count). The van der Waals surface area contributed by atoms with Crippen LogP contribution in [0.5, 0.6) is 5.75 Å². The summed E-state index contributed by atoms with van der Waals surface area (Å²) < 4.78 is 13.9. The molecule has 0 radical (unpaired) electrons. The first-order valence-corrected chi connectivity index (χ1v) is 6.56. The average molecular weight is 278 g/mol. The number of phenols is 1. The number of hydrogen-bond donors (Lipinski definition) is 2. The van der Waals surface area contributed by atoms with E-state index in [2.05, 4.69) is 5.32 Å². The van der Waals surface area contributed by atoms with Gasteiger partial charge in [0.25, 0.3) is 0 Å². The molecule has 2 aromatic rings. The predicted octanol–water partition coefficient (Wildman–Crippen LogP) is 4.28. The normalized spacial score (nSPS) is 17.3. The number of rotatable bonds is 2. The molecule has 1 unspecified atom stereocenters. The Kier molecular flexibility index (Phi) is 3.07. The largest absolute Gasteiger partial charge is 0.508 e. The number of anilines is 1. The second-order valence-corrected chi connectivity index (χ2v) is 5.09. The van der Waals surface area contributed by atoms with Crippen LogP contribution >= 0.6 is 11.6 Å². The summed E-state index contributed by atoms with van der Waals surface area (Å²) in [7, 11) is 0. The third-order valence-corrected chi connectivity index (χ3v) is 3.82. The fourth-order valence-electron chi connectivity index (χ4n) is 2.59. The van der Waals surface area contributed by atoms with Gasteiger partial charge in [-0.1, -0.05) is 29.8 Å². The van der Waals surface area contributed by atoms with E-state index in [1.807, 2.05) is 12.1 Å². The minimum Gasteiger partial charge on any atom is -0.508 e. The molecule has 0 heterocycles.